The first-order valence-electron chi connectivity index (χ1n) is 6.42. The predicted octanol–water partition coefficient (Wildman–Crippen LogP) is 2.95. The van der Waals surface area contributed by atoms with Crippen molar-refractivity contribution in [3.05, 3.63) is 30.5 Å². The number of anilines is 2. The van der Waals surface area contributed by atoms with Crippen LogP contribution in [0.1, 0.15) is 20.3 Å². The fourth-order valence-corrected chi connectivity index (χ4v) is 2.26. The van der Waals surface area contributed by atoms with Crippen molar-refractivity contribution in [1.29, 1.82) is 5.26 Å². The second-order valence-corrected chi connectivity index (χ2v) is 4.77. The average Bonchev–Trinajstić information content (AvgIpc) is 2.40. The molecule has 0 saturated heterocycles. The molecule has 19 heavy (non-hydrogen) atoms. The number of nitrogen functional groups attached to an aromatic ring is 1. The van der Waals surface area contributed by atoms with Crippen LogP contribution < -0.4 is 10.6 Å². The number of pyridine rings is 1. The Morgan fingerprint density at radius 1 is 1.37 bits per heavy atom. The molecule has 0 fully saturated rings. The number of hydrogen-bond acceptors (Lipinski definition) is 4. The van der Waals surface area contributed by atoms with Crippen molar-refractivity contribution < 1.29 is 0 Å². The standard InChI is InChI=1S/C15H18N4/c1-11(2)19(10-4-8-16)14-7-9-18-15-12(14)5-3-6-13(15)17/h3,5-7,9,11H,4,10,17H2,1-2H3. The summed E-state index contributed by atoms with van der Waals surface area (Å²) in [7, 11) is 0. The van der Waals surface area contributed by atoms with Crippen LogP contribution in [0, 0.1) is 11.3 Å². The SMILES string of the molecule is CC(C)N(CCC#N)c1ccnc2c(N)cccc12. The Kier molecular flexibility index (Phi) is 3.86. The van der Waals surface area contributed by atoms with Gasteiger partial charge in [0.2, 0.25) is 0 Å². The van der Waals surface area contributed by atoms with E-state index in [2.05, 4.69) is 29.8 Å². The minimum Gasteiger partial charge on any atom is -0.397 e. The van der Waals surface area contributed by atoms with Crippen LogP contribution in [0.25, 0.3) is 10.9 Å². The minimum atomic E-state index is 0.320. The van der Waals surface area contributed by atoms with Crippen LogP contribution in [0.5, 0.6) is 0 Å². The van der Waals surface area contributed by atoms with E-state index in [4.69, 9.17) is 11.0 Å². The highest BCUT2D eigenvalue weighted by atomic mass is 15.2. The molecule has 0 amide bonds. The number of rotatable bonds is 4. The number of hydrogen-bond donors (Lipinski definition) is 1. The molecule has 0 bridgehead atoms. The van der Waals surface area contributed by atoms with Crippen LogP contribution >= 0.6 is 0 Å². The number of nitrogens with two attached hydrogens (primary N) is 1. The van der Waals surface area contributed by atoms with E-state index in [9.17, 15) is 0 Å². The van der Waals surface area contributed by atoms with E-state index in [1.165, 1.54) is 0 Å². The fraction of sp³-hybridized carbons (Fsp3) is 0.333. The molecule has 0 saturated carbocycles. The van der Waals surface area contributed by atoms with Crippen LogP contribution in [-0.2, 0) is 0 Å². The maximum Gasteiger partial charge on any atom is 0.0951 e. The minimum absolute atomic E-state index is 0.320. The van der Waals surface area contributed by atoms with Crippen molar-refractivity contribution in [3.8, 4) is 6.07 Å². The number of fused-ring (bicyclic) bond motifs is 1. The lowest BCUT2D eigenvalue weighted by molar-refractivity contribution is 0.689. The highest BCUT2D eigenvalue weighted by Gasteiger charge is 2.14. The number of benzene rings is 1. The third kappa shape index (κ3) is 2.60. The zero-order valence-corrected chi connectivity index (χ0v) is 11.3. The van der Waals surface area contributed by atoms with Gasteiger partial charge in [-0.15, -0.1) is 0 Å². The molecule has 0 spiro atoms. The van der Waals surface area contributed by atoms with Crippen molar-refractivity contribution in [3.63, 3.8) is 0 Å². The molecule has 2 aromatic rings. The van der Waals surface area contributed by atoms with Crippen LogP contribution in [-0.4, -0.2) is 17.6 Å². The first-order chi connectivity index (χ1) is 9.15. The Labute approximate surface area is 113 Å². The van der Waals surface area contributed by atoms with Crippen molar-refractivity contribution in [2.24, 2.45) is 0 Å². The van der Waals surface area contributed by atoms with Gasteiger partial charge in [-0.3, -0.25) is 4.98 Å². The average molecular weight is 254 g/mol. The second kappa shape index (κ2) is 5.57. The molecular weight excluding hydrogens is 236 g/mol. The van der Waals surface area contributed by atoms with Gasteiger partial charge in [-0.1, -0.05) is 12.1 Å². The van der Waals surface area contributed by atoms with Gasteiger partial charge < -0.3 is 10.6 Å². The molecule has 0 atom stereocenters. The Morgan fingerprint density at radius 3 is 2.84 bits per heavy atom. The molecular formula is C15H18N4. The molecule has 0 aliphatic heterocycles. The molecule has 1 aromatic carbocycles. The Morgan fingerprint density at radius 2 is 2.16 bits per heavy atom. The Balaban J connectivity index is 2.54. The number of aromatic nitrogens is 1. The molecule has 4 nitrogen and oxygen atoms in total. The highest BCUT2D eigenvalue weighted by molar-refractivity contribution is 5.98. The summed E-state index contributed by atoms with van der Waals surface area (Å²) >= 11 is 0. The monoisotopic (exact) mass is 254 g/mol. The zero-order valence-electron chi connectivity index (χ0n) is 11.3. The molecule has 1 heterocycles. The smallest absolute Gasteiger partial charge is 0.0951 e. The van der Waals surface area contributed by atoms with Crippen LogP contribution in [0.4, 0.5) is 11.4 Å². The summed E-state index contributed by atoms with van der Waals surface area (Å²) in [6.07, 6.45) is 2.28. The summed E-state index contributed by atoms with van der Waals surface area (Å²) in [5.41, 5.74) is 8.56. The van der Waals surface area contributed by atoms with E-state index >= 15 is 0 Å². The zero-order chi connectivity index (χ0) is 13.8. The van der Waals surface area contributed by atoms with Crippen LogP contribution in [0.3, 0.4) is 0 Å². The van der Waals surface area contributed by atoms with Crippen molar-refractivity contribution in [2.75, 3.05) is 17.2 Å². The summed E-state index contributed by atoms with van der Waals surface area (Å²) < 4.78 is 0. The van der Waals surface area contributed by atoms with Crippen molar-refractivity contribution >= 4 is 22.3 Å². The van der Waals surface area contributed by atoms with Gasteiger partial charge in [0.15, 0.2) is 0 Å². The first kappa shape index (κ1) is 13.2. The lowest BCUT2D eigenvalue weighted by Gasteiger charge is -2.29. The lowest BCUT2D eigenvalue weighted by atomic mass is 10.1. The molecule has 0 unspecified atom stereocenters. The maximum atomic E-state index is 8.79. The Hall–Kier alpha value is -2.28. The summed E-state index contributed by atoms with van der Waals surface area (Å²) in [5.74, 6) is 0. The number of nitriles is 1. The maximum absolute atomic E-state index is 8.79. The molecule has 4 heteroatoms. The van der Waals surface area contributed by atoms with E-state index in [-0.39, 0.29) is 0 Å². The van der Waals surface area contributed by atoms with Gasteiger partial charge >= 0.3 is 0 Å². The molecule has 1 aromatic heterocycles. The van der Waals surface area contributed by atoms with Crippen molar-refractivity contribution in [1.82, 2.24) is 4.98 Å². The topological polar surface area (TPSA) is 65.9 Å². The van der Waals surface area contributed by atoms with Gasteiger partial charge in [-0.25, -0.2) is 0 Å². The largest absolute Gasteiger partial charge is 0.397 e. The summed E-state index contributed by atoms with van der Waals surface area (Å²) in [5, 5.41) is 9.83. The van der Waals surface area contributed by atoms with E-state index < -0.39 is 0 Å². The lowest BCUT2D eigenvalue weighted by Crippen LogP contribution is -2.31. The summed E-state index contributed by atoms with van der Waals surface area (Å²) in [6, 6.07) is 10.3. The third-order valence-corrected chi connectivity index (χ3v) is 3.18. The predicted molar refractivity (Wildman–Crippen MR) is 78.9 cm³/mol. The molecule has 0 aliphatic rings. The molecule has 0 radical (unpaired) electrons. The summed E-state index contributed by atoms with van der Waals surface area (Å²) in [6.45, 7) is 4.95. The molecule has 2 N–H and O–H groups in total. The second-order valence-electron chi connectivity index (χ2n) is 4.77. The summed E-state index contributed by atoms with van der Waals surface area (Å²) in [4.78, 5) is 6.56. The van der Waals surface area contributed by atoms with Crippen LogP contribution in [0.15, 0.2) is 30.5 Å². The highest BCUT2D eigenvalue weighted by Crippen LogP contribution is 2.29. The van der Waals surface area contributed by atoms with Gasteiger partial charge in [0.1, 0.15) is 0 Å². The van der Waals surface area contributed by atoms with Gasteiger partial charge in [0, 0.05) is 29.9 Å². The number of para-hydroxylation sites is 1. The quantitative estimate of drug-likeness (QED) is 0.852. The fourth-order valence-electron chi connectivity index (χ4n) is 2.26. The van der Waals surface area contributed by atoms with Crippen molar-refractivity contribution in [2.45, 2.75) is 26.3 Å². The molecule has 0 aliphatic carbocycles. The Bertz CT molecular complexity index is 613. The molecule has 98 valence electrons. The number of nitrogens with zero attached hydrogens (tertiary/aromatic N) is 3. The van der Waals surface area contributed by atoms with Gasteiger partial charge in [0.25, 0.3) is 0 Å². The third-order valence-electron chi connectivity index (χ3n) is 3.18. The van der Waals surface area contributed by atoms with E-state index in [0.29, 0.717) is 24.7 Å². The van der Waals surface area contributed by atoms with Gasteiger partial charge in [-0.05, 0) is 26.0 Å². The van der Waals surface area contributed by atoms with E-state index in [0.717, 1.165) is 16.6 Å². The van der Waals surface area contributed by atoms with E-state index in [1.54, 1.807) is 6.20 Å². The van der Waals surface area contributed by atoms with E-state index in [1.807, 2.05) is 24.3 Å². The molecule has 2 rings (SSSR count). The normalized spacial score (nSPS) is 10.6. The van der Waals surface area contributed by atoms with Gasteiger partial charge in [-0.2, -0.15) is 5.26 Å². The van der Waals surface area contributed by atoms with Gasteiger partial charge in [0.05, 0.1) is 23.7 Å². The van der Waals surface area contributed by atoms with Crippen LogP contribution in [0.2, 0.25) is 0 Å². The first-order valence-corrected chi connectivity index (χ1v) is 6.42.